The fourth-order valence-corrected chi connectivity index (χ4v) is 0.823. The lowest BCUT2D eigenvalue weighted by Crippen LogP contribution is -2.19. The van der Waals surface area contributed by atoms with Crippen molar-refractivity contribution >= 4 is 11.6 Å². The van der Waals surface area contributed by atoms with Crippen LogP contribution in [0.3, 0.4) is 0 Å². The zero-order valence-corrected chi connectivity index (χ0v) is 7.78. The number of hydrogen-bond donors (Lipinski definition) is 1. The summed E-state index contributed by atoms with van der Waals surface area (Å²) >= 11 is 5.86. The van der Waals surface area contributed by atoms with Gasteiger partial charge in [0, 0.05) is 5.38 Å². The Labute approximate surface area is 68.4 Å². The molecule has 0 rings (SSSR count). The van der Waals surface area contributed by atoms with E-state index in [4.69, 9.17) is 11.6 Å². The summed E-state index contributed by atoms with van der Waals surface area (Å²) in [7, 11) is 0. The topological polar surface area (TPSA) is 20.2 Å². The minimum atomic E-state index is -0.553. The molecule has 0 aromatic carbocycles. The third-order valence-electron chi connectivity index (χ3n) is 1.51. The minimum absolute atomic E-state index is 0.228. The van der Waals surface area contributed by atoms with Crippen molar-refractivity contribution in [2.45, 2.75) is 51.0 Å². The highest BCUT2D eigenvalue weighted by molar-refractivity contribution is 6.20. The highest BCUT2D eigenvalue weighted by atomic mass is 35.5. The predicted octanol–water partition coefficient (Wildman–Crippen LogP) is 2.55. The zero-order chi connectivity index (χ0) is 8.20. The van der Waals surface area contributed by atoms with Gasteiger partial charge < -0.3 is 5.11 Å². The van der Waals surface area contributed by atoms with Gasteiger partial charge in [-0.05, 0) is 33.1 Å². The van der Waals surface area contributed by atoms with Crippen LogP contribution in [-0.4, -0.2) is 16.1 Å². The molecule has 0 aromatic rings. The van der Waals surface area contributed by atoms with Crippen molar-refractivity contribution < 1.29 is 5.11 Å². The van der Waals surface area contributed by atoms with Gasteiger partial charge in [-0.3, -0.25) is 0 Å². The van der Waals surface area contributed by atoms with Crippen LogP contribution in [0.15, 0.2) is 0 Å². The van der Waals surface area contributed by atoms with Crippen LogP contribution < -0.4 is 0 Å². The van der Waals surface area contributed by atoms with Crippen molar-refractivity contribution in [2.24, 2.45) is 0 Å². The molecule has 1 atom stereocenters. The standard InChI is InChI=1S/C8H17ClO/c1-4-7(9)5-6-8(2,3)10/h7,10H,4-6H2,1-3H3. The SMILES string of the molecule is CCC(Cl)CCC(C)(C)O. The molecule has 2 heteroatoms. The van der Waals surface area contributed by atoms with Gasteiger partial charge in [0.05, 0.1) is 5.60 Å². The molecule has 0 aromatic heterocycles. The van der Waals surface area contributed by atoms with Crippen LogP contribution in [0.5, 0.6) is 0 Å². The zero-order valence-electron chi connectivity index (χ0n) is 7.02. The van der Waals surface area contributed by atoms with Crippen molar-refractivity contribution in [1.29, 1.82) is 0 Å². The molecule has 0 aliphatic rings. The summed E-state index contributed by atoms with van der Waals surface area (Å²) in [6, 6.07) is 0. The second kappa shape index (κ2) is 4.20. The third kappa shape index (κ3) is 6.37. The predicted molar refractivity (Wildman–Crippen MR) is 45.5 cm³/mol. The van der Waals surface area contributed by atoms with E-state index in [-0.39, 0.29) is 5.38 Å². The molecule has 0 saturated heterocycles. The molecule has 0 amide bonds. The van der Waals surface area contributed by atoms with E-state index in [0.717, 1.165) is 19.3 Å². The van der Waals surface area contributed by atoms with Crippen molar-refractivity contribution in [3.8, 4) is 0 Å². The Bertz CT molecular complexity index is 85.7. The van der Waals surface area contributed by atoms with E-state index in [0.29, 0.717) is 0 Å². The quantitative estimate of drug-likeness (QED) is 0.634. The Morgan fingerprint density at radius 2 is 2.00 bits per heavy atom. The molecule has 0 aliphatic carbocycles. The summed E-state index contributed by atoms with van der Waals surface area (Å²) in [5, 5.41) is 9.53. The third-order valence-corrected chi connectivity index (χ3v) is 2.04. The van der Waals surface area contributed by atoms with E-state index in [1.54, 1.807) is 0 Å². The molecule has 0 fully saturated rings. The van der Waals surface area contributed by atoms with Crippen molar-refractivity contribution in [3.05, 3.63) is 0 Å². The average molecular weight is 165 g/mol. The van der Waals surface area contributed by atoms with Gasteiger partial charge in [-0.2, -0.15) is 0 Å². The second-order valence-corrected chi connectivity index (χ2v) is 3.97. The normalized spacial score (nSPS) is 15.3. The lowest BCUT2D eigenvalue weighted by molar-refractivity contribution is 0.0685. The van der Waals surface area contributed by atoms with Crippen LogP contribution in [-0.2, 0) is 0 Å². The monoisotopic (exact) mass is 164 g/mol. The van der Waals surface area contributed by atoms with Crippen LogP contribution in [0.4, 0.5) is 0 Å². The highest BCUT2D eigenvalue weighted by Gasteiger charge is 2.13. The molecule has 0 heterocycles. The first-order chi connectivity index (χ1) is 4.45. The molecule has 0 radical (unpaired) electrons. The number of aliphatic hydroxyl groups is 1. The van der Waals surface area contributed by atoms with E-state index in [1.165, 1.54) is 0 Å². The molecule has 1 N–H and O–H groups in total. The molecule has 0 spiro atoms. The molecule has 0 saturated carbocycles. The molecule has 10 heavy (non-hydrogen) atoms. The molecule has 0 bridgehead atoms. The summed E-state index contributed by atoms with van der Waals surface area (Å²) < 4.78 is 0. The smallest absolute Gasteiger partial charge is 0.0592 e. The van der Waals surface area contributed by atoms with Gasteiger partial charge in [0.2, 0.25) is 0 Å². The fraction of sp³-hybridized carbons (Fsp3) is 1.00. The van der Waals surface area contributed by atoms with Crippen LogP contribution in [0, 0.1) is 0 Å². The van der Waals surface area contributed by atoms with Gasteiger partial charge in [0.25, 0.3) is 0 Å². The maximum atomic E-state index is 9.30. The van der Waals surface area contributed by atoms with Crippen LogP contribution in [0.2, 0.25) is 0 Å². The van der Waals surface area contributed by atoms with E-state index >= 15 is 0 Å². The van der Waals surface area contributed by atoms with Gasteiger partial charge in [0.15, 0.2) is 0 Å². The second-order valence-electron chi connectivity index (χ2n) is 3.36. The van der Waals surface area contributed by atoms with E-state index in [9.17, 15) is 5.11 Å². The van der Waals surface area contributed by atoms with Gasteiger partial charge in [-0.25, -0.2) is 0 Å². The van der Waals surface area contributed by atoms with Crippen LogP contribution in [0.1, 0.15) is 40.0 Å². The van der Waals surface area contributed by atoms with Crippen molar-refractivity contribution in [1.82, 2.24) is 0 Å². The number of alkyl halides is 1. The summed E-state index contributed by atoms with van der Waals surface area (Å²) in [6.45, 7) is 5.68. The van der Waals surface area contributed by atoms with Crippen molar-refractivity contribution in [2.75, 3.05) is 0 Å². The Hall–Kier alpha value is 0.250. The molecule has 1 nitrogen and oxygen atoms in total. The lowest BCUT2D eigenvalue weighted by atomic mass is 10.0. The maximum Gasteiger partial charge on any atom is 0.0592 e. The highest BCUT2D eigenvalue weighted by Crippen LogP contribution is 2.16. The van der Waals surface area contributed by atoms with E-state index in [1.807, 2.05) is 13.8 Å². The summed E-state index contributed by atoms with van der Waals surface area (Å²) in [5.41, 5.74) is -0.553. The van der Waals surface area contributed by atoms with Crippen LogP contribution in [0.25, 0.3) is 0 Å². The Balaban J connectivity index is 3.36. The number of hydrogen-bond acceptors (Lipinski definition) is 1. The fourth-order valence-electron chi connectivity index (χ4n) is 0.714. The lowest BCUT2D eigenvalue weighted by Gasteiger charge is -2.17. The first kappa shape index (κ1) is 10.2. The number of rotatable bonds is 4. The molecule has 0 aliphatic heterocycles. The first-order valence-corrected chi connectivity index (χ1v) is 4.26. The molecule has 1 unspecified atom stereocenters. The van der Waals surface area contributed by atoms with Crippen LogP contribution >= 0.6 is 11.6 Å². The summed E-state index contributed by atoms with van der Waals surface area (Å²) in [5.74, 6) is 0. The van der Waals surface area contributed by atoms with Gasteiger partial charge in [-0.15, -0.1) is 11.6 Å². The summed E-state index contributed by atoms with van der Waals surface area (Å²) in [6.07, 6.45) is 2.67. The van der Waals surface area contributed by atoms with Gasteiger partial charge >= 0.3 is 0 Å². The average Bonchev–Trinajstić information content (AvgIpc) is 1.81. The molecular formula is C8H17ClO. The van der Waals surface area contributed by atoms with Gasteiger partial charge in [0.1, 0.15) is 0 Å². The Kier molecular flexibility index (Phi) is 4.30. The van der Waals surface area contributed by atoms with E-state index < -0.39 is 5.60 Å². The van der Waals surface area contributed by atoms with Crippen molar-refractivity contribution in [3.63, 3.8) is 0 Å². The number of halogens is 1. The molecule has 62 valence electrons. The Morgan fingerprint density at radius 3 is 2.30 bits per heavy atom. The molecular weight excluding hydrogens is 148 g/mol. The largest absolute Gasteiger partial charge is 0.390 e. The van der Waals surface area contributed by atoms with E-state index in [2.05, 4.69) is 6.92 Å². The van der Waals surface area contributed by atoms with Gasteiger partial charge in [-0.1, -0.05) is 6.92 Å². The minimum Gasteiger partial charge on any atom is -0.390 e. The maximum absolute atomic E-state index is 9.30. The first-order valence-electron chi connectivity index (χ1n) is 3.82. The summed E-state index contributed by atoms with van der Waals surface area (Å²) in [4.78, 5) is 0. The Morgan fingerprint density at radius 1 is 1.50 bits per heavy atom.